The fraction of sp³-hybridized carbons (Fsp3) is 0.765. The zero-order valence-electron chi connectivity index (χ0n) is 14.3. The number of nitrogens with one attached hydrogen (secondary N) is 1. The number of H-pyrrole nitrogens is 1. The van der Waals surface area contributed by atoms with Gasteiger partial charge in [-0.25, -0.2) is 0 Å². The Hall–Kier alpha value is -1.60. The van der Waals surface area contributed by atoms with E-state index in [0.29, 0.717) is 30.6 Å². The Kier molecular flexibility index (Phi) is 5.73. The van der Waals surface area contributed by atoms with Crippen molar-refractivity contribution < 1.29 is 14.1 Å². The molecular formula is C17H27N3O4. The number of carbonyl (C=O) groups excluding carboxylic acids is 1. The van der Waals surface area contributed by atoms with Crippen molar-refractivity contribution in [3.63, 3.8) is 0 Å². The van der Waals surface area contributed by atoms with Gasteiger partial charge in [-0.2, -0.15) is 5.16 Å². The van der Waals surface area contributed by atoms with E-state index < -0.39 is 0 Å². The maximum absolute atomic E-state index is 12.3. The molecule has 1 aromatic heterocycles. The minimum Gasteiger partial charge on any atom is -0.384 e. The molecule has 7 nitrogen and oxygen atoms in total. The van der Waals surface area contributed by atoms with E-state index in [4.69, 9.17) is 9.26 Å². The van der Waals surface area contributed by atoms with Crippen LogP contribution < -0.4 is 5.56 Å². The number of carbonyl (C=O) groups is 1. The molecule has 2 fully saturated rings. The third-order valence-corrected chi connectivity index (χ3v) is 5.36. The van der Waals surface area contributed by atoms with Crippen LogP contribution in [0.15, 0.2) is 15.4 Å². The summed E-state index contributed by atoms with van der Waals surface area (Å²) in [6, 6.07) is 1.96. The van der Waals surface area contributed by atoms with Gasteiger partial charge in [-0.3, -0.25) is 14.5 Å². The summed E-state index contributed by atoms with van der Waals surface area (Å²) in [6.07, 6.45) is 2.99. The van der Waals surface area contributed by atoms with Gasteiger partial charge in [-0.05, 0) is 25.7 Å². The molecule has 134 valence electrons. The number of aromatic nitrogens is 1. The standard InChI is InChI=1S/C17H27N3O4/c1-13(19-8-10-23-11-9-19)14-4-6-20(7-5-14)17(22)3-2-15-12-16(21)18-24-15/h12-14H,2-11H2,1H3,(H,18,21)/t13-/m1/s1. The molecule has 1 atom stereocenters. The average molecular weight is 337 g/mol. The van der Waals surface area contributed by atoms with Crippen molar-refractivity contribution in [2.24, 2.45) is 5.92 Å². The number of morpholine rings is 1. The molecule has 1 aromatic rings. The second kappa shape index (κ2) is 7.98. The van der Waals surface area contributed by atoms with E-state index in [1.54, 1.807) is 0 Å². The number of rotatable bonds is 5. The van der Waals surface area contributed by atoms with Crippen molar-refractivity contribution in [2.75, 3.05) is 39.4 Å². The summed E-state index contributed by atoms with van der Waals surface area (Å²) >= 11 is 0. The highest BCUT2D eigenvalue weighted by Crippen LogP contribution is 2.25. The van der Waals surface area contributed by atoms with Gasteiger partial charge in [0.25, 0.3) is 5.56 Å². The summed E-state index contributed by atoms with van der Waals surface area (Å²) in [6.45, 7) is 7.66. The Balaban J connectivity index is 1.42. The van der Waals surface area contributed by atoms with Crippen LogP contribution in [0.2, 0.25) is 0 Å². The lowest BCUT2D eigenvalue weighted by Gasteiger charge is -2.41. The van der Waals surface area contributed by atoms with Gasteiger partial charge in [0, 0.05) is 51.1 Å². The fourth-order valence-electron chi connectivity index (χ4n) is 3.75. The zero-order valence-corrected chi connectivity index (χ0v) is 14.3. The lowest BCUT2D eigenvalue weighted by atomic mass is 9.89. The molecule has 3 rings (SSSR count). The van der Waals surface area contributed by atoms with Crippen LogP contribution in [0.25, 0.3) is 0 Å². The van der Waals surface area contributed by atoms with E-state index in [-0.39, 0.29) is 11.5 Å². The molecule has 0 aliphatic carbocycles. The second-order valence-corrected chi connectivity index (χ2v) is 6.79. The maximum atomic E-state index is 12.3. The van der Waals surface area contributed by atoms with Gasteiger partial charge >= 0.3 is 0 Å². The summed E-state index contributed by atoms with van der Waals surface area (Å²) in [5, 5.41) is 2.25. The van der Waals surface area contributed by atoms with Crippen LogP contribution in [0.5, 0.6) is 0 Å². The summed E-state index contributed by atoms with van der Waals surface area (Å²) in [5.74, 6) is 1.34. The van der Waals surface area contributed by atoms with Gasteiger partial charge < -0.3 is 14.2 Å². The molecule has 2 aliphatic heterocycles. The molecule has 2 saturated heterocycles. The highest BCUT2D eigenvalue weighted by atomic mass is 16.5. The van der Waals surface area contributed by atoms with Crippen molar-refractivity contribution >= 4 is 5.91 Å². The summed E-state index contributed by atoms with van der Waals surface area (Å²) in [5.41, 5.74) is -0.254. The Morgan fingerprint density at radius 2 is 2.00 bits per heavy atom. The first-order chi connectivity index (χ1) is 11.6. The molecule has 3 heterocycles. The molecule has 24 heavy (non-hydrogen) atoms. The Bertz CT molecular complexity index is 583. The molecule has 0 bridgehead atoms. The predicted octanol–water partition coefficient (Wildman–Crippen LogP) is 0.860. The van der Waals surface area contributed by atoms with Crippen molar-refractivity contribution in [2.45, 2.75) is 38.6 Å². The van der Waals surface area contributed by atoms with Crippen LogP contribution in [-0.4, -0.2) is 66.3 Å². The van der Waals surface area contributed by atoms with Crippen molar-refractivity contribution in [3.05, 3.63) is 22.2 Å². The second-order valence-electron chi connectivity index (χ2n) is 6.79. The van der Waals surface area contributed by atoms with E-state index in [9.17, 15) is 9.59 Å². The minimum absolute atomic E-state index is 0.149. The SMILES string of the molecule is C[C@H](C1CCN(C(=O)CCc2cc(=O)[nH]o2)CC1)N1CCOCC1. The molecule has 0 radical (unpaired) electrons. The predicted molar refractivity (Wildman–Crippen MR) is 88.8 cm³/mol. The summed E-state index contributed by atoms with van der Waals surface area (Å²) in [7, 11) is 0. The quantitative estimate of drug-likeness (QED) is 0.862. The number of likely N-dealkylation sites (tertiary alicyclic amines) is 1. The first kappa shape index (κ1) is 17.2. The Labute approximate surface area is 141 Å². The number of aromatic amines is 1. The zero-order chi connectivity index (χ0) is 16.9. The molecule has 1 amide bonds. The van der Waals surface area contributed by atoms with Crippen molar-refractivity contribution in [3.8, 4) is 0 Å². The maximum Gasteiger partial charge on any atom is 0.280 e. The largest absolute Gasteiger partial charge is 0.384 e. The average Bonchev–Trinajstić information content (AvgIpc) is 3.05. The first-order valence-electron chi connectivity index (χ1n) is 8.90. The molecule has 2 aliphatic rings. The van der Waals surface area contributed by atoms with Gasteiger partial charge in [-0.15, -0.1) is 0 Å². The molecule has 0 spiro atoms. The van der Waals surface area contributed by atoms with Gasteiger partial charge in [0.15, 0.2) is 0 Å². The number of aryl methyl sites for hydroxylation is 1. The van der Waals surface area contributed by atoms with Crippen LogP contribution in [0.4, 0.5) is 0 Å². The van der Waals surface area contributed by atoms with Gasteiger partial charge in [0.2, 0.25) is 5.91 Å². The fourth-order valence-corrected chi connectivity index (χ4v) is 3.75. The molecule has 1 N–H and O–H groups in total. The van der Waals surface area contributed by atoms with Crippen LogP contribution in [0, 0.1) is 5.92 Å². The van der Waals surface area contributed by atoms with E-state index in [1.165, 1.54) is 6.07 Å². The number of hydrogen-bond acceptors (Lipinski definition) is 5. The molecular weight excluding hydrogens is 310 g/mol. The Morgan fingerprint density at radius 1 is 1.29 bits per heavy atom. The van der Waals surface area contributed by atoms with Gasteiger partial charge in [0.1, 0.15) is 5.76 Å². The van der Waals surface area contributed by atoms with E-state index >= 15 is 0 Å². The number of ether oxygens (including phenoxy) is 1. The topological polar surface area (TPSA) is 78.8 Å². The monoisotopic (exact) mass is 337 g/mol. The van der Waals surface area contributed by atoms with Crippen molar-refractivity contribution in [1.29, 1.82) is 0 Å². The lowest BCUT2D eigenvalue weighted by Crippen LogP contribution is -2.49. The van der Waals surface area contributed by atoms with E-state index in [2.05, 4.69) is 17.0 Å². The molecule has 0 aromatic carbocycles. The summed E-state index contributed by atoms with van der Waals surface area (Å²) in [4.78, 5) is 27.8. The number of piperidine rings is 1. The minimum atomic E-state index is -0.254. The highest BCUT2D eigenvalue weighted by Gasteiger charge is 2.29. The van der Waals surface area contributed by atoms with Crippen LogP contribution >= 0.6 is 0 Å². The molecule has 0 unspecified atom stereocenters. The third-order valence-electron chi connectivity index (χ3n) is 5.36. The van der Waals surface area contributed by atoms with E-state index in [1.807, 2.05) is 4.90 Å². The Morgan fingerprint density at radius 3 is 2.62 bits per heavy atom. The normalized spacial score (nSPS) is 21.8. The molecule has 0 saturated carbocycles. The van der Waals surface area contributed by atoms with E-state index in [0.717, 1.165) is 52.2 Å². The van der Waals surface area contributed by atoms with Crippen LogP contribution in [0.1, 0.15) is 31.9 Å². The van der Waals surface area contributed by atoms with Crippen LogP contribution in [-0.2, 0) is 16.0 Å². The summed E-state index contributed by atoms with van der Waals surface area (Å²) < 4.78 is 10.4. The van der Waals surface area contributed by atoms with Gasteiger partial charge in [-0.1, -0.05) is 0 Å². The highest BCUT2D eigenvalue weighted by molar-refractivity contribution is 5.76. The van der Waals surface area contributed by atoms with Crippen LogP contribution in [0.3, 0.4) is 0 Å². The van der Waals surface area contributed by atoms with Gasteiger partial charge in [0.05, 0.1) is 13.2 Å². The first-order valence-corrected chi connectivity index (χ1v) is 8.90. The van der Waals surface area contributed by atoms with Crippen molar-refractivity contribution in [1.82, 2.24) is 15.0 Å². The number of amides is 1. The lowest BCUT2D eigenvalue weighted by molar-refractivity contribution is -0.133. The third kappa shape index (κ3) is 4.27. The smallest absolute Gasteiger partial charge is 0.280 e. The number of hydrogen-bond donors (Lipinski definition) is 1. The number of nitrogens with zero attached hydrogens (tertiary/aromatic N) is 2. The molecule has 7 heteroatoms.